The highest BCUT2D eigenvalue weighted by molar-refractivity contribution is 7.90. The van der Waals surface area contributed by atoms with E-state index >= 15 is 0 Å². The summed E-state index contributed by atoms with van der Waals surface area (Å²) in [6.45, 7) is 3.08. The van der Waals surface area contributed by atoms with Crippen molar-refractivity contribution in [3.8, 4) is 0 Å². The van der Waals surface area contributed by atoms with E-state index in [1.54, 1.807) is 6.92 Å². The van der Waals surface area contributed by atoms with Crippen molar-refractivity contribution in [2.75, 3.05) is 31.1 Å². The topological polar surface area (TPSA) is 66.5 Å². The maximum absolute atomic E-state index is 12.2. The SMILES string of the molecule is CC(CNC1CC1)S(=O)(=O)N1CCS(=O)CC1. The monoisotopic (exact) mass is 280 g/mol. The first-order chi connectivity index (χ1) is 8.00. The Labute approximate surface area is 105 Å². The summed E-state index contributed by atoms with van der Waals surface area (Å²) in [4.78, 5) is 0. The predicted octanol–water partition coefficient (Wildman–Crippen LogP) is -0.479. The van der Waals surface area contributed by atoms with Gasteiger partial charge < -0.3 is 5.32 Å². The van der Waals surface area contributed by atoms with Gasteiger partial charge in [0, 0.05) is 48.0 Å². The van der Waals surface area contributed by atoms with Crippen molar-refractivity contribution < 1.29 is 12.6 Å². The second kappa shape index (κ2) is 5.34. The summed E-state index contributed by atoms with van der Waals surface area (Å²) >= 11 is 0. The molecule has 1 saturated heterocycles. The first kappa shape index (κ1) is 13.5. The maximum Gasteiger partial charge on any atom is 0.218 e. The Balaban J connectivity index is 1.89. The van der Waals surface area contributed by atoms with Gasteiger partial charge in [-0.3, -0.25) is 4.21 Å². The molecule has 1 saturated carbocycles. The summed E-state index contributed by atoms with van der Waals surface area (Å²) in [6.07, 6.45) is 2.32. The molecule has 1 N–H and O–H groups in total. The molecule has 1 atom stereocenters. The van der Waals surface area contributed by atoms with Crippen LogP contribution in [-0.4, -0.2) is 59.4 Å². The van der Waals surface area contributed by atoms with Gasteiger partial charge in [-0.1, -0.05) is 0 Å². The van der Waals surface area contributed by atoms with Crippen LogP contribution in [0.2, 0.25) is 0 Å². The number of nitrogens with zero attached hydrogens (tertiary/aromatic N) is 1. The van der Waals surface area contributed by atoms with Gasteiger partial charge >= 0.3 is 0 Å². The summed E-state index contributed by atoms with van der Waals surface area (Å²) in [7, 11) is -4.05. The Bertz CT molecular complexity index is 382. The van der Waals surface area contributed by atoms with Gasteiger partial charge in [0.2, 0.25) is 10.0 Å². The second-order valence-electron chi connectivity index (χ2n) is 4.79. The molecule has 0 spiro atoms. The van der Waals surface area contributed by atoms with Crippen LogP contribution >= 0.6 is 0 Å². The fourth-order valence-electron chi connectivity index (χ4n) is 1.86. The Morgan fingerprint density at radius 2 is 1.94 bits per heavy atom. The summed E-state index contributed by atoms with van der Waals surface area (Å²) in [6, 6.07) is 0.529. The molecule has 1 unspecified atom stereocenters. The number of rotatable bonds is 5. The maximum atomic E-state index is 12.2. The van der Waals surface area contributed by atoms with E-state index in [-0.39, 0.29) is 0 Å². The van der Waals surface area contributed by atoms with Crippen molar-refractivity contribution in [1.29, 1.82) is 0 Å². The molecule has 100 valence electrons. The molecule has 0 aromatic rings. The third kappa shape index (κ3) is 3.49. The van der Waals surface area contributed by atoms with Crippen molar-refractivity contribution in [1.82, 2.24) is 9.62 Å². The normalized spacial score (nSPS) is 25.9. The van der Waals surface area contributed by atoms with Crippen LogP contribution in [0.4, 0.5) is 0 Å². The minimum Gasteiger partial charge on any atom is -0.313 e. The molecule has 17 heavy (non-hydrogen) atoms. The van der Waals surface area contributed by atoms with Crippen LogP contribution < -0.4 is 5.32 Å². The first-order valence-corrected chi connectivity index (χ1v) is 9.06. The molecule has 1 aliphatic carbocycles. The summed E-state index contributed by atoms with van der Waals surface area (Å²) < 4.78 is 37.1. The van der Waals surface area contributed by atoms with Crippen LogP contribution in [0.3, 0.4) is 0 Å². The van der Waals surface area contributed by atoms with Crippen LogP contribution in [-0.2, 0) is 20.8 Å². The highest BCUT2D eigenvalue weighted by Gasteiger charge is 2.32. The van der Waals surface area contributed by atoms with Crippen LogP contribution in [0.5, 0.6) is 0 Å². The minimum absolute atomic E-state index is 0.394. The van der Waals surface area contributed by atoms with Crippen LogP contribution in [0.25, 0.3) is 0 Å². The Morgan fingerprint density at radius 1 is 1.35 bits per heavy atom. The quantitative estimate of drug-likeness (QED) is 0.739. The molecule has 1 heterocycles. The Morgan fingerprint density at radius 3 is 2.47 bits per heavy atom. The van der Waals surface area contributed by atoms with Gasteiger partial charge in [0.05, 0.1) is 5.25 Å². The van der Waals surface area contributed by atoms with Crippen molar-refractivity contribution in [2.24, 2.45) is 0 Å². The number of nitrogens with one attached hydrogen (secondary N) is 1. The fourth-order valence-corrected chi connectivity index (χ4v) is 4.65. The van der Waals surface area contributed by atoms with Crippen molar-refractivity contribution >= 4 is 20.8 Å². The molecular formula is C10H20N2O3S2. The molecule has 0 aromatic heterocycles. The molecule has 2 fully saturated rings. The predicted molar refractivity (Wildman–Crippen MR) is 68.9 cm³/mol. The van der Waals surface area contributed by atoms with Crippen LogP contribution in [0.15, 0.2) is 0 Å². The van der Waals surface area contributed by atoms with E-state index in [2.05, 4.69) is 5.32 Å². The van der Waals surface area contributed by atoms with E-state index in [4.69, 9.17) is 0 Å². The number of sulfonamides is 1. The standard InChI is InChI=1S/C10H20N2O3S2/c1-9(8-11-10-2-3-10)17(14,15)12-4-6-16(13)7-5-12/h9-11H,2-8H2,1H3. The van der Waals surface area contributed by atoms with E-state index in [0.717, 1.165) is 12.8 Å². The summed E-state index contributed by atoms with van der Waals surface area (Å²) in [5.41, 5.74) is 0. The smallest absolute Gasteiger partial charge is 0.218 e. The average Bonchev–Trinajstić information content (AvgIpc) is 3.10. The summed E-state index contributed by atoms with van der Waals surface area (Å²) in [5, 5.41) is 2.85. The second-order valence-corrected chi connectivity index (χ2v) is 8.83. The molecule has 7 heteroatoms. The molecule has 1 aliphatic heterocycles. The van der Waals surface area contributed by atoms with E-state index in [1.165, 1.54) is 4.31 Å². The van der Waals surface area contributed by atoms with Gasteiger partial charge in [-0.15, -0.1) is 0 Å². The molecule has 0 radical (unpaired) electrons. The van der Waals surface area contributed by atoms with Gasteiger partial charge in [-0.05, 0) is 19.8 Å². The van der Waals surface area contributed by atoms with Gasteiger partial charge in [-0.25, -0.2) is 8.42 Å². The molecular weight excluding hydrogens is 260 g/mol. The van der Waals surface area contributed by atoms with Gasteiger partial charge in [-0.2, -0.15) is 4.31 Å². The van der Waals surface area contributed by atoms with Crippen molar-refractivity contribution in [2.45, 2.75) is 31.1 Å². The molecule has 0 aromatic carbocycles. The van der Waals surface area contributed by atoms with Crippen LogP contribution in [0.1, 0.15) is 19.8 Å². The largest absolute Gasteiger partial charge is 0.313 e. The lowest BCUT2D eigenvalue weighted by atomic mass is 10.4. The lowest BCUT2D eigenvalue weighted by molar-refractivity contribution is 0.428. The molecule has 2 rings (SSSR count). The van der Waals surface area contributed by atoms with E-state index in [9.17, 15) is 12.6 Å². The highest BCUT2D eigenvalue weighted by atomic mass is 32.2. The van der Waals surface area contributed by atoms with Gasteiger partial charge in [0.1, 0.15) is 0 Å². The number of hydrogen-bond donors (Lipinski definition) is 1. The third-order valence-electron chi connectivity index (χ3n) is 3.28. The van der Waals surface area contributed by atoms with Crippen molar-refractivity contribution in [3.63, 3.8) is 0 Å². The van der Waals surface area contributed by atoms with Gasteiger partial charge in [0.15, 0.2) is 0 Å². The van der Waals surface area contributed by atoms with Crippen LogP contribution in [0, 0.1) is 0 Å². The Hall–Kier alpha value is 0.0200. The third-order valence-corrected chi connectivity index (χ3v) is 6.82. The zero-order chi connectivity index (χ0) is 12.5. The molecule has 5 nitrogen and oxygen atoms in total. The number of hydrogen-bond acceptors (Lipinski definition) is 4. The van der Waals surface area contributed by atoms with Gasteiger partial charge in [0.25, 0.3) is 0 Å². The average molecular weight is 280 g/mol. The lowest BCUT2D eigenvalue weighted by Crippen LogP contribution is -2.47. The minimum atomic E-state index is -3.22. The zero-order valence-corrected chi connectivity index (χ0v) is 11.7. The Kier molecular flexibility index (Phi) is 4.22. The summed E-state index contributed by atoms with van der Waals surface area (Å²) in [5.74, 6) is 0.948. The van der Waals surface area contributed by atoms with E-state index < -0.39 is 26.1 Å². The first-order valence-electron chi connectivity index (χ1n) is 6.07. The lowest BCUT2D eigenvalue weighted by Gasteiger charge is -2.28. The zero-order valence-electron chi connectivity index (χ0n) is 10.1. The van der Waals surface area contributed by atoms with E-state index in [0.29, 0.717) is 37.2 Å². The van der Waals surface area contributed by atoms with Crippen molar-refractivity contribution in [3.05, 3.63) is 0 Å². The fraction of sp³-hybridized carbons (Fsp3) is 1.00. The van der Waals surface area contributed by atoms with E-state index in [1.807, 2.05) is 0 Å². The molecule has 2 aliphatic rings. The molecule has 0 bridgehead atoms. The highest BCUT2D eigenvalue weighted by Crippen LogP contribution is 2.19. The molecule has 0 amide bonds.